The average Bonchev–Trinajstić information content (AvgIpc) is 2.05. The largest absolute Gasteiger partial charge is 0.396 e. The maximum absolute atomic E-state index is 10.9. The molecule has 0 aliphatic carbocycles. The van der Waals surface area contributed by atoms with Crippen LogP contribution >= 0.6 is 9.47 Å². The molecule has 0 heterocycles. The molecule has 0 aromatic heterocycles. The summed E-state index contributed by atoms with van der Waals surface area (Å²) in [7, 11) is 3.73. The molecule has 5 heteroatoms. The molecule has 0 fully saturated rings. The van der Waals surface area contributed by atoms with Gasteiger partial charge in [-0.25, -0.2) is 0 Å². The van der Waals surface area contributed by atoms with Gasteiger partial charge >= 0.3 is 0 Å². The van der Waals surface area contributed by atoms with Crippen LogP contribution in [0.15, 0.2) is 0 Å². The second-order valence-electron chi connectivity index (χ2n) is 2.59. The van der Waals surface area contributed by atoms with Gasteiger partial charge in [0.15, 0.2) is 0 Å². The van der Waals surface area contributed by atoms with Crippen LogP contribution in [-0.2, 0) is 9.32 Å². The Hall–Kier alpha value is -0.180. The lowest BCUT2D eigenvalue weighted by molar-refractivity contribution is -0.121. The van der Waals surface area contributed by atoms with E-state index in [2.05, 4.69) is 14.8 Å². The summed E-state index contributed by atoms with van der Waals surface area (Å²) < 4.78 is 4.83. The monoisotopic (exact) mass is 193 g/mol. The van der Waals surface area contributed by atoms with Crippen molar-refractivity contribution < 1.29 is 14.4 Å². The first-order valence-corrected chi connectivity index (χ1v) is 4.34. The Bertz CT molecular complexity index is 126. The molecule has 0 aromatic rings. The Morgan fingerprint density at radius 2 is 2.42 bits per heavy atom. The summed E-state index contributed by atoms with van der Waals surface area (Å²) in [6.45, 7) is 0.578. The number of hydrogen-bond acceptors (Lipinski definition) is 3. The molecule has 0 saturated heterocycles. The van der Waals surface area contributed by atoms with Gasteiger partial charge in [-0.3, -0.25) is 4.79 Å². The number of aliphatic hydroxyl groups excluding tert-OH is 1. The van der Waals surface area contributed by atoms with Crippen LogP contribution in [-0.4, -0.2) is 31.3 Å². The van der Waals surface area contributed by atoms with Gasteiger partial charge in [0.1, 0.15) is 0 Å². The van der Waals surface area contributed by atoms with Crippen LogP contribution in [0.2, 0.25) is 0 Å². The SMILES string of the molecule is CNC(=O)CC(CCO)COP. The van der Waals surface area contributed by atoms with Gasteiger partial charge in [-0.15, -0.1) is 0 Å². The molecule has 0 bridgehead atoms. The van der Waals surface area contributed by atoms with Crippen molar-refractivity contribution in [1.82, 2.24) is 5.32 Å². The van der Waals surface area contributed by atoms with Crippen molar-refractivity contribution in [2.75, 3.05) is 20.3 Å². The molecule has 0 aliphatic rings. The maximum Gasteiger partial charge on any atom is 0.220 e. The van der Waals surface area contributed by atoms with Crippen LogP contribution < -0.4 is 5.32 Å². The third kappa shape index (κ3) is 5.47. The van der Waals surface area contributed by atoms with Crippen molar-refractivity contribution in [1.29, 1.82) is 0 Å². The number of carbonyl (C=O) groups excluding carboxylic acids is 1. The number of hydrogen-bond donors (Lipinski definition) is 2. The van der Waals surface area contributed by atoms with Crippen LogP contribution in [0, 0.1) is 5.92 Å². The van der Waals surface area contributed by atoms with Gasteiger partial charge in [0.05, 0.1) is 6.61 Å². The Morgan fingerprint density at radius 3 is 2.83 bits per heavy atom. The molecule has 2 unspecified atom stereocenters. The Balaban J connectivity index is 3.68. The summed E-state index contributed by atoms with van der Waals surface area (Å²) in [4.78, 5) is 10.9. The summed E-state index contributed by atoms with van der Waals surface area (Å²) >= 11 is 0. The summed E-state index contributed by atoms with van der Waals surface area (Å²) in [6.07, 6.45) is 1.01. The van der Waals surface area contributed by atoms with Gasteiger partial charge in [-0.1, -0.05) is 0 Å². The Labute approximate surface area is 75.0 Å². The summed E-state index contributed by atoms with van der Waals surface area (Å²) in [6, 6.07) is 0. The highest BCUT2D eigenvalue weighted by Crippen LogP contribution is 2.09. The van der Waals surface area contributed by atoms with Crippen molar-refractivity contribution in [3.8, 4) is 0 Å². The number of carbonyl (C=O) groups is 1. The minimum atomic E-state index is -0.0181. The minimum Gasteiger partial charge on any atom is -0.396 e. The van der Waals surface area contributed by atoms with Gasteiger partial charge in [-0.2, -0.15) is 0 Å². The molecule has 4 nitrogen and oxygen atoms in total. The summed E-state index contributed by atoms with van der Waals surface area (Å²) in [5, 5.41) is 11.2. The van der Waals surface area contributed by atoms with E-state index in [0.717, 1.165) is 0 Å². The van der Waals surface area contributed by atoms with E-state index >= 15 is 0 Å². The van der Waals surface area contributed by atoms with Gasteiger partial charge in [0.25, 0.3) is 0 Å². The molecule has 0 radical (unpaired) electrons. The summed E-state index contributed by atoms with van der Waals surface area (Å²) in [5.74, 6) is 0.0861. The molecular weight excluding hydrogens is 177 g/mol. The first-order valence-electron chi connectivity index (χ1n) is 3.87. The van der Waals surface area contributed by atoms with Gasteiger partial charge in [-0.05, 0) is 12.3 Å². The third-order valence-electron chi connectivity index (χ3n) is 1.62. The number of rotatable bonds is 6. The molecule has 2 N–H and O–H groups in total. The molecule has 0 spiro atoms. The van der Waals surface area contributed by atoms with Crippen molar-refractivity contribution >= 4 is 15.4 Å². The lowest BCUT2D eigenvalue weighted by Gasteiger charge is -2.12. The third-order valence-corrected chi connectivity index (χ3v) is 1.81. The topological polar surface area (TPSA) is 58.6 Å². The van der Waals surface area contributed by atoms with Crippen LogP contribution in [0.25, 0.3) is 0 Å². The van der Waals surface area contributed by atoms with Gasteiger partial charge < -0.3 is 14.9 Å². The van der Waals surface area contributed by atoms with Gasteiger partial charge in [0, 0.05) is 29.5 Å². The highest BCUT2D eigenvalue weighted by molar-refractivity contribution is 7.09. The highest BCUT2D eigenvalue weighted by Gasteiger charge is 2.11. The molecule has 0 saturated carbocycles. The zero-order valence-electron chi connectivity index (χ0n) is 7.25. The molecule has 2 atom stereocenters. The first kappa shape index (κ1) is 11.8. The van der Waals surface area contributed by atoms with E-state index in [1.807, 2.05) is 0 Å². The van der Waals surface area contributed by atoms with Crippen LogP contribution in [0.1, 0.15) is 12.8 Å². The maximum atomic E-state index is 10.9. The lowest BCUT2D eigenvalue weighted by Crippen LogP contribution is -2.23. The fourth-order valence-electron chi connectivity index (χ4n) is 0.927. The normalized spacial score (nSPS) is 12.6. The number of nitrogens with one attached hydrogen (secondary N) is 1. The van der Waals surface area contributed by atoms with Crippen LogP contribution in [0.4, 0.5) is 0 Å². The summed E-state index contributed by atoms with van der Waals surface area (Å²) in [5.41, 5.74) is 0. The second kappa shape index (κ2) is 7.47. The molecule has 12 heavy (non-hydrogen) atoms. The van der Waals surface area contributed by atoms with E-state index in [1.165, 1.54) is 0 Å². The average molecular weight is 193 g/mol. The van der Waals surface area contributed by atoms with Crippen LogP contribution in [0.3, 0.4) is 0 Å². The quantitative estimate of drug-likeness (QED) is 0.580. The van der Waals surface area contributed by atoms with Crippen molar-refractivity contribution in [2.24, 2.45) is 5.92 Å². The highest BCUT2D eigenvalue weighted by atomic mass is 31.0. The van der Waals surface area contributed by atoms with Crippen LogP contribution in [0.5, 0.6) is 0 Å². The van der Waals surface area contributed by atoms with Crippen molar-refractivity contribution in [3.63, 3.8) is 0 Å². The molecule has 0 aromatic carbocycles. The van der Waals surface area contributed by atoms with Crippen molar-refractivity contribution in [2.45, 2.75) is 12.8 Å². The van der Waals surface area contributed by atoms with E-state index < -0.39 is 0 Å². The zero-order chi connectivity index (χ0) is 9.40. The second-order valence-corrected chi connectivity index (χ2v) is 2.92. The Morgan fingerprint density at radius 1 is 1.75 bits per heavy atom. The molecule has 72 valence electrons. The predicted octanol–water partition coefficient (Wildman–Crippen LogP) is -0.0722. The number of aliphatic hydroxyl groups is 1. The van der Waals surface area contributed by atoms with Gasteiger partial charge in [0.2, 0.25) is 5.91 Å². The fourth-order valence-corrected chi connectivity index (χ4v) is 1.20. The van der Waals surface area contributed by atoms with E-state index in [-0.39, 0.29) is 18.4 Å². The smallest absolute Gasteiger partial charge is 0.220 e. The Kier molecular flexibility index (Phi) is 7.36. The standard InChI is InChI=1S/C7H16NO3P/c1-8-7(10)4-6(2-3-9)5-11-12/h6,9H,2-5,12H2,1H3,(H,8,10). The zero-order valence-corrected chi connectivity index (χ0v) is 8.40. The lowest BCUT2D eigenvalue weighted by atomic mass is 10.0. The fraction of sp³-hybridized carbons (Fsp3) is 0.857. The molecule has 1 amide bonds. The molecule has 0 rings (SSSR count). The number of amides is 1. The van der Waals surface area contributed by atoms with E-state index in [4.69, 9.17) is 9.63 Å². The minimum absolute atomic E-state index is 0.0181. The van der Waals surface area contributed by atoms with E-state index in [0.29, 0.717) is 19.4 Å². The van der Waals surface area contributed by atoms with E-state index in [1.54, 1.807) is 7.05 Å². The van der Waals surface area contributed by atoms with Crippen molar-refractivity contribution in [3.05, 3.63) is 0 Å². The molecule has 0 aliphatic heterocycles. The first-order chi connectivity index (χ1) is 5.74. The molecular formula is C7H16NO3P. The van der Waals surface area contributed by atoms with E-state index in [9.17, 15) is 4.79 Å². The predicted molar refractivity (Wildman–Crippen MR) is 49.5 cm³/mol.